The molecule has 2 saturated heterocycles. The van der Waals surface area contributed by atoms with Crippen molar-refractivity contribution in [1.82, 2.24) is 14.7 Å². The minimum Gasteiger partial charge on any atom is -0.342 e. The third kappa shape index (κ3) is 7.14. The summed E-state index contributed by atoms with van der Waals surface area (Å²) in [6.07, 6.45) is 8.44. The van der Waals surface area contributed by atoms with Gasteiger partial charge >= 0.3 is 0 Å². The van der Waals surface area contributed by atoms with Crippen molar-refractivity contribution in [3.05, 3.63) is 35.4 Å². The van der Waals surface area contributed by atoms with Crippen LogP contribution >= 0.6 is 0 Å². The van der Waals surface area contributed by atoms with Crippen LogP contribution in [0.25, 0.3) is 0 Å². The maximum absolute atomic E-state index is 12.5. The molecule has 5 heteroatoms. The number of likely N-dealkylation sites (tertiary alicyclic amines) is 1. The molecule has 160 valence electrons. The lowest BCUT2D eigenvalue weighted by atomic mass is 10.1. The van der Waals surface area contributed by atoms with Gasteiger partial charge in [0.2, 0.25) is 11.8 Å². The second-order valence-electron chi connectivity index (χ2n) is 8.64. The molecule has 2 aliphatic heterocycles. The third-order valence-corrected chi connectivity index (χ3v) is 6.27. The maximum atomic E-state index is 12.5. The first-order valence-electron chi connectivity index (χ1n) is 11.5. The van der Waals surface area contributed by atoms with Gasteiger partial charge in [-0.15, -0.1) is 0 Å². The van der Waals surface area contributed by atoms with Gasteiger partial charge in [-0.3, -0.25) is 14.5 Å². The molecule has 0 saturated carbocycles. The molecule has 0 bridgehead atoms. The predicted molar refractivity (Wildman–Crippen MR) is 117 cm³/mol. The Bertz CT molecular complexity index is 643. The van der Waals surface area contributed by atoms with Gasteiger partial charge in [0, 0.05) is 45.7 Å². The molecule has 0 N–H and O–H groups in total. The van der Waals surface area contributed by atoms with Crippen LogP contribution in [0.3, 0.4) is 0 Å². The van der Waals surface area contributed by atoms with Gasteiger partial charge in [-0.05, 0) is 44.6 Å². The molecule has 2 amide bonds. The van der Waals surface area contributed by atoms with E-state index in [1.165, 1.54) is 24.0 Å². The monoisotopic (exact) mass is 399 g/mol. The van der Waals surface area contributed by atoms with Crippen LogP contribution in [0.4, 0.5) is 0 Å². The van der Waals surface area contributed by atoms with Crippen LogP contribution in [0.1, 0.15) is 56.1 Å². The molecule has 0 radical (unpaired) electrons. The Kier molecular flexibility index (Phi) is 8.53. The van der Waals surface area contributed by atoms with Gasteiger partial charge in [-0.1, -0.05) is 42.7 Å². The van der Waals surface area contributed by atoms with Crippen molar-refractivity contribution in [2.75, 3.05) is 45.8 Å². The number of carbonyl (C=O) groups excluding carboxylic acids is 2. The van der Waals surface area contributed by atoms with Crippen molar-refractivity contribution in [2.45, 2.75) is 58.3 Å². The van der Waals surface area contributed by atoms with Gasteiger partial charge in [0.1, 0.15) is 0 Å². The fourth-order valence-corrected chi connectivity index (χ4v) is 4.28. The van der Waals surface area contributed by atoms with Crippen LogP contribution in [0.2, 0.25) is 0 Å². The summed E-state index contributed by atoms with van der Waals surface area (Å²) in [6, 6.07) is 8.67. The Morgan fingerprint density at radius 1 is 0.759 bits per heavy atom. The number of carbonyl (C=O) groups is 2. The molecule has 0 aromatic heterocycles. The maximum Gasteiger partial charge on any atom is 0.236 e. The molecule has 2 heterocycles. The van der Waals surface area contributed by atoms with Gasteiger partial charge in [-0.2, -0.15) is 0 Å². The summed E-state index contributed by atoms with van der Waals surface area (Å²) >= 11 is 0. The van der Waals surface area contributed by atoms with E-state index in [9.17, 15) is 9.59 Å². The van der Waals surface area contributed by atoms with Gasteiger partial charge in [0.05, 0.1) is 6.54 Å². The predicted octanol–water partition coefficient (Wildman–Crippen LogP) is 3.25. The van der Waals surface area contributed by atoms with E-state index in [2.05, 4.69) is 36.1 Å². The first-order chi connectivity index (χ1) is 14.1. The molecule has 29 heavy (non-hydrogen) atoms. The molecule has 2 fully saturated rings. The highest BCUT2D eigenvalue weighted by Gasteiger charge is 2.24. The fourth-order valence-electron chi connectivity index (χ4n) is 4.28. The summed E-state index contributed by atoms with van der Waals surface area (Å²) in [7, 11) is 0. The van der Waals surface area contributed by atoms with E-state index in [0.717, 1.165) is 71.4 Å². The number of rotatable bonds is 7. The summed E-state index contributed by atoms with van der Waals surface area (Å²) < 4.78 is 0. The Balaban J connectivity index is 1.30. The molecule has 2 aliphatic rings. The number of aryl methyl sites for hydroxylation is 2. The highest BCUT2D eigenvalue weighted by molar-refractivity contribution is 5.78. The van der Waals surface area contributed by atoms with E-state index in [1.807, 2.05) is 9.80 Å². The molecule has 5 nitrogen and oxygen atoms in total. The highest BCUT2D eigenvalue weighted by atomic mass is 16.2. The Morgan fingerprint density at radius 3 is 2.03 bits per heavy atom. The van der Waals surface area contributed by atoms with Crippen molar-refractivity contribution < 1.29 is 9.59 Å². The lowest BCUT2D eigenvalue weighted by Crippen LogP contribution is -2.51. The van der Waals surface area contributed by atoms with Gasteiger partial charge in [-0.25, -0.2) is 0 Å². The first-order valence-corrected chi connectivity index (χ1v) is 11.5. The summed E-state index contributed by atoms with van der Waals surface area (Å²) in [5.74, 6) is 0.537. The number of benzene rings is 1. The van der Waals surface area contributed by atoms with E-state index >= 15 is 0 Å². The molecule has 0 atom stereocenters. The Morgan fingerprint density at radius 2 is 1.38 bits per heavy atom. The second kappa shape index (κ2) is 11.3. The molecule has 1 aromatic carbocycles. The smallest absolute Gasteiger partial charge is 0.236 e. The number of hydrogen-bond acceptors (Lipinski definition) is 3. The molecule has 1 aromatic rings. The van der Waals surface area contributed by atoms with Gasteiger partial charge < -0.3 is 9.80 Å². The fraction of sp³-hybridized carbons (Fsp3) is 0.667. The average Bonchev–Trinajstić information content (AvgIpc) is 3.02. The zero-order chi connectivity index (χ0) is 20.5. The molecule has 0 unspecified atom stereocenters. The lowest BCUT2D eigenvalue weighted by molar-refractivity contribution is -0.135. The van der Waals surface area contributed by atoms with E-state index in [4.69, 9.17) is 0 Å². The molecule has 0 aliphatic carbocycles. The van der Waals surface area contributed by atoms with Crippen LogP contribution in [-0.2, 0) is 16.0 Å². The van der Waals surface area contributed by atoms with Crippen LogP contribution in [0.15, 0.2) is 24.3 Å². The minimum absolute atomic E-state index is 0.266. The van der Waals surface area contributed by atoms with Crippen molar-refractivity contribution in [3.8, 4) is 0 Å². The van der Waals surface area contributed by atoms with Crippen molar-refractivity contribution in [2.24, 2.45) is 0 Å². The molecular weight excluding hydrogens is 362 g/mol. The van der Waals surface area contributed by atoms with Crippen molar-refractivity contribution in [1.29, 1.82) is 0 Å². The standard InChI is InChI=1S/C24H37N3O2/c1-21-10-12-22(13-11-21)8-4-5-9-23(28)27-18-16-25(17-19-27)20-24(29)26-14-6-2-3-7-15-26/h10-13H,2-9,14-20H2,1H3. The zero-order valence-electron chi connectivity index (χ0n) is 18.1. The minimum atomic E-state index is 0.266. The second-order valence-corrected chi connectivity index (χ2v) is 8.64. The topological polar surface area (TPSA) is 43.9 Å². The highest BCUT2D eigenvalue weighted by Crippen LogP contribution is 2.13. The van der Waals surface area contributed by atoms with Gasteiger partial charge in [0.15, 0.2) is 0 Å². The molecule has 0 spiro atoms. The largest absolute Gasteiger partial charge is 0.342 e. The van der Waals surface area contributed by atoms with E-state index in [1.54, 1.807) is 0 Å². The Labute approximate surface area is 176 Å². The van der Waals surface area contributed by atoms with Crippen LogP contribution in [0.5, 0.6) is 0 Å². The third-order valence-electron chi connectivity index (χ3n) is 6.27. The summed E-state index contributed by atoms with van der Waals surface area (Å²) in [5.41, 5.74) is 2.64. The first kappa shape index (κ1) is 21.8. The van der Waals surface area contributed by atoms with Crippen molar-refractivity contribution >= 4 is 11.8 Å². The zero-order valence-corrected chi connectivity index (χ0v) is 18.1. The van der Waals surface area contributed by atoms with E-state index in [0.29, 0.717) is 13.0 Å². The SMILES string of the molecule is Cc1ccc(CCCCC(=O)N2CCN(CC(=O)N3CCCCCC3)CC2)cc1. The van der Waals surface area contributed by atoms with E-state index < -0.39 is 0 Å². The average molecular weight is 400 g/mol. The molecular formula is C24H37N3O2. The van der Waals surface area contributed by atoms with Crippen LogP contribution in [-0.4, -0.2) is 72.3 Å². The van der Waals surface area contributed by atoms with Crippen LogP contribution < -0.4 is 0 Å². The van der Waals surface area contributed by atoms with Crippen LogP contribution in [0, 0.1) is 6.92 Å². The van der Waals surface area contributed by atoms with Gasteiger partial charge in [0.25, 0.3) is 0 Å². The lowest BCUT2D eigenvalue weighted by Gasteiger charge is -2.35. The summed E-state index contributed by atoms with van der Waals surface area (Å²) in [6.45, 7) is 7.59. The molecule has 3 rings (SSSR count). The summed E-state index contributed by atoms with van der Waals surface area (Å²) in [4.78, 5) is 31.3. The summed E-state index contributed by atoms with van der Waals surface area (Å²) in [5, 5.41) is 0. The number of hydrogen-bond donors (Lipinski definition) is 0. The number of amides is 2. The number of unbranched alkanes of at least 4 members (excludes halogenated alkanes) is 1. The van der Waals surface area contributed by atoms with E-state index in [-0.39, 0.29) is 11.8 Å². The number of nitrogens with zero attached hydrogens (tertiary/aromatic N) is 3. The normalized spacial score (nSPS) is 18.5. The number of piperazine rings is 1. The quantitative estimate of drug-likeness (QED) is 0.661. The Hall–Kier alpha value is -1.88. The van der Waals surface area contributed by atoms with Crippen molar-refractivity contribution in [3.63, 3.8) is 0 Å².